The molecule has 13 heavy (non-hydrogen) atoms. The molecule has 2 atom stereocenters. The highest BCUT2D eigenvalue weighted by Gasteiger charge is 2.25. The van der Waals surface area contributed by atoms with Crippen molar-refractivity contribution in [1.82, 2.24) is 10.2 Å². The molecule has 1 saturated heterocycles. The van der Waals surface area contributed by atoms with E-state index in [0.29, 0.717) is 6.04 Å². The second kappa shape index (κ2) is 4.40. The largest absolute Gasteiger partial charge is 0.328 e. The summed E-state index contributed by atoms with van der Waals surface area (Å²) >= 11 is 0. The summed E-state index contributed by atoms with van der Waals surface area (Å²) in [4.78, 5) is 2.62. The van der Waals surface area contributed by atoms with Gasteiger partial charge in [0.05, 0.1) is 0 Å². The first kappa shape index (κ1) is 9.44. The Morgan fingerprint density at radius 1 is 1.15 bits per heavy atom. The topological polar surface area (TPSA) is 41.3 Å². The average molecular weight is 183 g/mol. The minimum atomic E-state index is 0.466. The van der Waals surface area contributed by atoms with Gasteiger partial charge >= 0.3 is 0 Å². The van der Waals surface area contributed by atoms with E-state index in [1.54, 1.807) is 0 Å². The van der Waals surface area contributed by atoms with Gasteiger partial charge in [-0.15, -0.1) is 0 Å². The quantitative estimate of drug-likeness (QED) is 0.608. The molecular formula is C10H21N3. The van der Waals surface area contributed by atoms with Crippen LogP contribution in [0.15, 0.2) is 0 Å². The Bertz CT molecular complexity index is 154. The lowest BCUT2D eigenvalue weighted by atomic mass is 9.90. The van der Waals surface area contributed by atoms with Crippen molar-refractivity contribution in [3.63, 3.8) is 0 Å². The summed E-state index contributed by atoms with van der Waals surface area (Å²) < 4.78 is 0. The van der Waals surface area contributed by atoms with Crippen LogP contribution in [0, 0.1) is 0 Å². The van der Waals surface area contributed by atoms with E-state index in [0.717, 1.165) is 19.1 Å². The standard InChI is InChI=1S/C10H21N3/c11-9-2-1-3-10(8-9)13-6-4-12-5-7-13/h9-10,12H,1-8,11H2/t9-,10?/m0/s1. The summed E-state index contributed by atoms with van der Waals surface area (Å²) in [6.45, 7) is 4.76. The summed E-state index contributed by atoms with van der Waals surface area (Å²) in [5, 5.41) is 3.39. The molecule has 2 fully saturated rings. The molecule has 3 N–H and O–H groups in total. The number of piperazine rings is 1. The van der Waals surface area contributed by atoms with Crippen molar-refractivity contribution in [2.45, 2.75) is 37.8 Å². The van der Waals surface area contributed by atoms with Crippen LogP contribution in [0.1, 0.15) is 25.7 Å². The number of nitrogens with two attached hydrogens (primary N) is 1. The van der Waals surface area contributed by atoms with Crippen LogP contribution in [0.2, 0.25) is 0 Å². The summed E-state index contributed by atoms with van der Waals surface area (Å²) in [6, 6.07) is 1.25. The maximum Gasteiger partial charge on any atom is 0.0111 e. The van der Waals surface area contributed by atoms with E-state index in [9.17, 15) is 0 Å². The predicted octanol–water partition coefficient (Wildman–Crippen LogP) is 0.162. The Labute approximate surface area is 80.7 Å². The van der Waals surface area contributed by atoms with Gasteiger partial charge < -0.3 is 11.1 Å². The molecule has 3 nitrogen and oxygen atoms in total. The lowest BCUT2D eigenvalue weighted by Crippen LogP contribution is -2.51. The fraction of sp³-hybridized carbons (Fsp3) is 1.00. The van der Waals surface area contributed by atoms with Crippen molar-refractivity contribution < 1.29 is 0 Å². The highest BCUT2D eigenvalue weighted by atomic mass is 15.2. The molecule has 0 spiro atoms. The van der Waals surface area contributed by atoms with E-state index in [1.807, 2.05) is 0 Å². The van der Waals surface area contributed by atoms with Crippen LogP contribution in [0.4, 0.5) is 0 Å². The van der Waals surface area contributed by atoms with E-state index < -0.39 is 0 Å². The van der Waals surface area contributed by atoms with Crippen LogP contribution in [0.25, 0.3) is 0 Å². The highest BCUT2D eigenvalue weighted by molar-refractivity contribution is 4.84. The zero-order chi connectivity index (χ0) is 9.10. The van der Waals surface area contributed by atoms with Gasteiger partial charge in [0.2, 0.25) is 0 Å². The Morgan fingerprint density at radius 2 is 1.92 bits per heavy atom. The molecule has 1 unspecified atom stereocenters. The van der Waals surface area contributed by atoms with Crippen LogP contribution in [0.3, 0.4) is 0 Å². The minimum absolute atomic E-state index is 0.466. The Morgan fingerprint density at radius 3 is 2.62 bits per heavy atom. The fourth-order valence-corrected chi connectivity index (χ4v) is 2.58. The monoisotopic (exact) mass is 183 g/mol. The van der Waals surface area contributed by atoms with E-state index >= 15 is 0 Å². The van der Waals surface area contributed by atoms with E-state index in [4.69, 9.17) is 5.73 Å². The van der Waals surface area contributed by atoms with Gasteiger partial charge in [0.15, 0.2) is 0 Å². The third-order valence-corrected chi connectivity index (χ3v) is 3.36. The summed E-state index contributed by atoms with van der Waals surface area (Å²) in [6.07, 6.45) is 5.16. The van der Waals surface area contributed by atoms with Crippen molar-refractivity contribution in [1.29, 1.82) is 0 Å². The highest BCUT2D eigenvalue weighted by Crippen LogP contribution is 2.21. The molecule has 0 aromatic heterocycles. The molecule has 0 amide bonds. The molecule has 1 aliphatic carbocycles. The molecular weight excluding hydrogens is 162 g/mol. The molecule has 0 aromatic carbocycles. The van der Waals surface area contributed by atoms with E-state index in [-0.39, 0.29) is 0 Å². The molecule has 1 heterocycles. The Balaban J connectivity index is 1.83. The predicted molar refractivity (Wildman–Crippen MR) is 54.7 cm³/mol. The smallest absolute Gasteiger partial charge is 0.0111 e. The van der Waals surface area contributed by atoms with Crippen molar-refractivity contribution in [3.05, 3.63) is 0 Å². The first-order valence-electron chi connectivity index (χ1n) is 5.56. The first-order chi connectivity index (χ1) is 6.36. The second-order valence-corrected chi connectivity index (χ2v) is 4.37. The second-order valence-electron chi connectivity index (χ2n) is 4.37. The molecule has 1 aliphatic heterocycles. The van der Waals surface area contributed by atoms with Gasteiger partial charge in [0.1, 0.15) is 0 Å². The van der Waals surface area contributed by atoms with Gasteiger partial charge in [-0.05, 0) is 19.3 Å². The van der Waals surface area contributed by atoms with Gasteiger partial charge in [0.25, 0.3) is 0 Å². The number of rotatable bonds is 1. The van der Waals surface area contributed by atoms with E-state index in [2.05, 4.69) is 10.2 Å². The number of hydrogen-bond donors (Lipinski definition) is 2. The van der Waals surface area contributed by atoms with Gasteiger partial charge in [-0.25, -0.2) is 0 Å². The fourth-order valence-electron chi connectivity index (χ4n) is 2.58. The van der Waals surface area contributed by atoms with Gasteiger partial charge in [0, 0.05) is 38.3 Å². The zero-order valence-corrected chi connectivity index (χ0v) is 8.34. The maximum atomic E-state index is 5.99. The molecule has 1 saturated carbocycles. The van der Waals surface area contributed by atoms with Crippen molar-refractivity contribution >= 4 is 0 Å². The van der Waals surface area contributed by atoms with Gasteiger partial charge in [-0.2, -0.15) is 0 Å². The first-order valence-corrected chi connectivity index (χ1v) is 5.56. The Kier molecular flexibility index (Phi) is 3.19. The molecule has 3 heteroatoms. The van der Waals surface area contributed by atoms with E-state index in [1.165, 1.54) is 38.8 Å². The lowest BCUT2D eigenvalue weighted by molar-refractivity contribution is 0.131. The van der Waals surface area contributed by atoms with Crippen LogP contribution in [-0.4, -0.2) is 43.2 Å². The third kappa shape index (κ3) is 2.42. The molecule has 2 aliphatic rings. The number of nitrogens with one attached hydrogen (secondary N) is 1. The molecule has 76 valence electrons. The van der Waals surface area contributed by atoms with Crippen molar-refractivity contribution in [2.75, 3.05) is 26.2 Å². The summed E-state index contributed by atoms with van der Waals surface area (Å²) in [5.74, 6) is 0. The summed E-state index contributed by atoms with van der Waals surface area (Å²) in [7, 11) is 0. The third-order valence-electron chi connectivity index (χ3n) is 3.36. The van der Waals surface area contributed by atoms with Gasteiger partial charge in [-0.1, -0.05) is 6.42 Å². The molecule has 2 rings (SSSR count). The van der Waals surface area contributed by atoms with Crippen molar-refractivity contribution in [3.8, 4) is 0 Å². The molecule has 0 bridgehead atoms. The number of nitrogens with zero attached hydrogens (tertiary/aromatic N) is 1. The normalized spacial score (nSPS) is 37.6. The average Bonchev–Trinajstić information content (AvgIpc) is 2.19. The number of hydrogen-bond acceptors (Lipinski definition) is 3. The SMILES string of the molecule is N[C@H]1CCCC(N2CCNCC2)C1. The Hall–Kier alpha value is -0.120. The van der Waals surface area contributed by atoms with Crippen molar-refractivity contribution in [2.24, 2.45) is 5.73 Å². The molecule has 0 radical (unpaired) electrons. The zero-order valence-electron chi connectivity index (χ0n) is 8.34. The lowest BCUT2D eigenvalue weighted by Gasteiger charge is -2.38. The van der Waals surface area contributed by atoms with Crippen LogP contribution < -0.4 is 11.1 Å². The van der Waals surface area contributed by atoms with Crippen LogP contribution >= 0.6 is 0 Å². The molecule has 0 aromatic rings. The van der Waals surface area contributed by atoms with Crippen LogP contribution in [0.5, 0.6) is 0 Å². The van der Waals surface area contributed by atoms with Gasteiger partial charge in [-0.3, -0.25) is 4.90 Å². The minimum Gasteiger partial charge on any atom is -0.328 e. The summed E-state index contributed by atoms with van der Waals surface area (Å²) in [5.41, 5.74) is 5.99. The van der Waals surface area contributed by atoms with Crippen LogP contribution in [-0.2, 0) is 0 Å². The maximum absolute atomic E-state index is 5.99.